The van der Waals surface area contributed by atoms with Crippen molar-refractivity contribution < 1.29 is 15.3 Å². The molecular formula is C21H29NO3. The fourth-order valence-corrected chi connectivity index (χ4v) is 6.39. The lowest BCUT2D eigenvalue weighted by Crippen LogP contribution is -2.73. The summed E-state index contributed by atoms with van der Waals surface area (Å²) in [5, 5.41) is 33.3. The highest BCUT2D eigenvalue weighted by atomic mass is 16.3. The van der Waals surface area contributed by atoms with E-state index in [0.29, 0.717) is 0 Å². The minimum absolute atomic E-state index is 0.209. The van der Waals surface area contributed by atoms with Crippen molar-refractivity contribution in [2.24, 2.45) is 5.92 Å². The third-order valence-electron chi connectivity index (χ3n) is 7.84. The largest absolute Gasteiger partial charge is 0.508 e. The van der Waals surface area contributed by atoms with Gasteiger partial charge in [-0.1, -0.05) is 25.3 Å². The van der Waals surface area contributed by atoms with Crippen molar-refractivity contribution in [2.75, 3.05) is 13.1 Å². The second kappa shape index (κ2) is 5.45. The number of piperidine rings is 1. The van der Waals surface area contributed by atoms with Gasteiger partial charge in [0.2, 0.25) is 0 Å². The summed E-state index contributed by atoms with van der Waals surface area (Å²) in [6.45, 7) is 1.95. The molecule has 0 amide bonds. The van der Waals surface area contributed by atoms with E-state index in [4.69, 9.17) is 0 Å². The molecule has 0 aromatic heterocycles. The second-order valence-electron chi connectivity index (χ2n) is 8.92. The zero-order valence-corrected chi connectivity index (χ0v) is 14.8. The average molecular weight is 343 g/mol. The van der Waals surface area contributed by atoms with Gasteiger partial charge in [-0.05, 0) is 67.8 Å². The molecule has 1 aromatic rings. The minimum Gasteiger partial charge on any atom is -0.508 e. The third-order valence-corrected chi connectivity index (χ3v) is 7.84. The normalized spacial score (nSPS) is 40.9. The average Bonchev–Trinajstić information content (AvgIpc) is 2.55. The number of aliphatic hydroxyl groups excluding tert-OH is 1. The van der Waals surface area contributed by atoms with Crippen LogP contribution in [0.2, 0.25) is 0 Å². The summed E-state index contributed by atoms with van der Waals surface area (Å²) in [5.41, 5.74) is 0.738. The van der Waals surface area contributed by atoms with Crippen LogP contribution in [0.4, 0.5) is 0 Å². The molecule has 2 bridgehead atoms. The molecule has 4 nitrogen and oxygen atoms in total. The van der Waals surface area contributed by atoms with Crippen molar-refractivity contribution in [1.82, 2.24) is 4.90 Å². The Morgan fingerprint density at radius 3 is 2.64 bits per heavy atom. The van der Waals surface area contributed by atoms with Crippen LogP contribution in [0, 0.1) is 5.92 Å². The van der Waals surface area contributed by atoms with E-state index in [1.54, 1.807) is 6.07 Å². The molecule has 3 aliphatic carbocycles. The van der Waals surface area contributed by atoms with Gasteiger partial charge in [-0.15, -0.1) is 0 Å². The zero-order valence-electron chi connectivity index (χ0n) is 14.8. The molecule has 4 heteroatoms. The van der Waals surface area contributed by atoms with Gasteiger partial charge in [-0.25, -0.2) is 0 Å². The lowest BCUT2D eigenvalue weighted by molar-refractivity contribution is -0.201. The topological polar surface area (TPSA) is 63.9 Å². The smallest absolute Gasteiger partial charge is 0.115 e. The van der Waals surface area contributed by atoms with Gasteiger partial charge in [0, 0.05) is 12.0 Å². The molecule has 2 saturated carbocycles. The molecule has 0 radical (unpaired) electrons. The SMILES string of the molecule is Oc1ccc2c(c1)[C@]13CCCC[C@@]1(O)[C@H](C2O)N(CC1CCC1)CC3. The number of phenols is 1. The predicted octanol–water partition coefficient (Wildman–Crippen LogP) is 2.86. The van der Waals surface area contributed by atoms with Crippen LogP contribution in [0.3, 0.4) is 0 Å². The van der Waals surface area contributed by atoms with Crippen LogP contribution in [-0.4, -0.2) is 45.0 Å². The summed E-state index contributed by atoms with van der Waals surface area (Å²) in [4.78, 5) is 2.40. The minimum atomic E-state index is -0.881. The summed E-state index contributed by atoms with van der Waals surface area (Å²) < 4.78 is 0. The Morgan fingerprint density at radius 2 is 1.88 bits per heavy atom. The van der Waals surface area contributed by atoms with E-state index in [-0.39, 0.29) is 17.2 Å². The van der Waals surface area contributed by atoms with Gasteiger partial charge >= 0.3 is 0 Å². The maximum atomic E-state index is 12.0. The number of likely N-dealkylation sites (tertiary alicyclic amines) is 1. The van der Waals surface area contributed by atoms with Gasteiger partial charge in [0.05, 0.1) is 17.7 Å². The number of hydrogen-bond acceptors (Lipinski definition) is 4. The van der Waals surface area contributed by atoms with Gasteiger partial charge in [-0.3, -0.25) is 4.90 Å². The first-order valence-electron chi connectivity index (χ1n) is 10.0. The van der Waals surface area contributed by atoms with Gasteiger partial charge in [0.25, 0.3) is 0 Å². The molecule has 1 aromatic carbocycles. The standard InChI is InChI=1S/C21H29NO3/c23-15-6-7-16-17(12-15)20-8-1-2-9-21(20,25)19(18(16)24)22(11-10-20)13-14-4-3-5-14/h6-7,12,14,18-19,23-25H,1-5,8-11,13H2/t18?,19-,20+,21+/m0/s1. The van der Waals surface area contributed by atoms with E-state index >= 15 is 0 Å². The van der Waals surface area contributed by atoms with Crippen molar-refractivity contribution in [3.8, 4) is 5.75 Å². The van der Waals surface area contributed by atoms with Crippen molar-refractivity contribution in [1.29, 1.82) is 0 Å². The van der Waals surface area contributed by atoms with E-state index in [0.717, 1.165) is 62.2 Å². The Labute approximate surface area is 149 Å². The van der Waals surface area contributed by atoms with E-state index in [1.807, 2.05) is 12.1 Å². The number of hydrogen-bond donors (Lipinski definition) is 3. The molecule has 5 rings (SSSR count). The molecule has 1 unspecified atom stereocenters. The molecule has 136 valence electrons. The zero-order chi connectivity index (χ0) is 17.2. The number of benzene rings is 1. The Morgan fingerprint density at radius 1 is 1.08 bits per heavy atom. The highest BCUT2D eigenvalue weighted by molar-refractivity contribution is 5.49. The van der Waals surface area contributed by atoms with E-state index in [1.165, 1.54) is 19.3 Å². The molecule has 1 aliphatic heterocycles. The Bertz CT molecular complexity index is 688. The fourth-order valence-electron chi connectivity index (χ4n) is 6.39. The number of fused-ring (bicyclic) bond motifs is 1. The van der Waals surface area contributed by atoms with Crippen molar-refractivity contribution in [3.05, 3.63) is 29.3 Å². The first-order chi connectivity index (χ1) is 12.1. The quantitative estimate of drug-likeness (QED) is 0.773. The molecule has 4 atom stereocenters. The summed E-state index contributed by atoms with van der Waals surface area (Å²) in [7, 11) is 0. The third kappa shape index (κ3) is 2.05. The van der Waals surface area contributed by atoms with Crippen LogP contribution >= 0.6 is 0 Å². The number of rotatable bonds is 2. The van der Waals surface area contributed by atoms with Crippen LogP contribution in [0.1, 0.15) is 68.6 Å². The number of phenolic OH excluding ortho intramolecular Hbond substituents is 1. The Kier molecular flexibility index (Phi) is 3.51. The molecule has 1 heterocycles. The Balaban J connectivity index is 1.64. The number of aromatic hydroxyl groups is 1. The molecule has 0 spiro atoms. The first kappa shape index (κ1) is 16.1. The van der Waals surface area contributed by atoms with Crippen LogP contribution in [0.5, 0.6) is 5.75 Å². The van der Waals surface area contributed by atoms with E-state index in [2.05, 4.69) is 4.90 Å². The van der Waals surface area contributed by atoms with E-state index < -0.39 is 11.7 Å². The molecule has 25 heavy (non-hydrogen) atoms. The van der Waals surface area contributed by atoms with E-state index in [9.17, 15) is 15.3 Å². The van der Waals surface area contributed by atoms with Crippen LogP contribution in [0.15, 0.2) is 18.2 Å². The molecule has 4 aliphatic rings. The van der Waals surface area contributed by atoms with Crippen molar-refractivity contribution in [2.45, 2.75) is 74.5 Å². The predicted molar refractivity (Wildman–Crippen MR) is 95.5 cm³/mol. The van der Waals surface area contributed by atoms with Crippen molar-refractivity contribution in [3.63, 3.8) is 0 Å². The molecule has 1 saturated heterocycles. The lowest BCUT2D eigenvalue weighted by atomic mass is 9.49. The Hall–Kier alpha value is -1.10. The fraction of sp³-hybridized carbons (Fsp3) is 0.714. The van der Waals surface area contributed by atoms with Crippen LogP contribution < -0.4 is 0 Å². The summed E-state index contributed by atoms with van der Waals surface area (Å²) >= 11 is 0. The second-order valence-corrected chi connectivity index (χ2v) is 8.92. The highest BCUT2D eigenvalue weighted by Gasteiger charge is 2.65. The first-order valence-corrected chi connectivity index (χ1v) is 10.0. The van der Waals surface area contributed by atoms with Crippen LogP contribution in [-0.2, 0) is 5.41 Å². The molecule has 3 fully saturated rings. The lowest BCUT2D eigenvalue weighted by Gasteiger charge is -2.65. The maximum Gasteiger partial charge on any atom is 0.115 e. The van der Waals surface area contributed by atoms with Gasteiger partial charge in [0.15, 0.2) is 0 Å². The summed E-state index contributed by atoms with van der Waals surface area (Å²) in [6, 6.07) is 5.16. The monoisotopic (exact) mass is 343 g/mol. The summed E-state index contributed by atoms with van der Waals surface area (Å²) in [6.07, 6.45) is 7.99. The summed E-state index contributed by atoms with van der Waals surface area (Å²) in [5.74, 6) is 0.969. The van der Waals surface area contributed by atoms with Gasteiger partial charge < -0.3 is 15.3 Å². The maximum absolute atomic E-state index is 12.0. The molecular weight excluding hydrogens is 314 g/mol. The van der Waals surface area contributed by atoms with Crippen LogP contribution in [0.25, 0.3) is 0 Å². The van der Waals surface area contributed by atoms with Gasteiger partial charge in [-0.2, -0.15) is 0 Å². The number of aliphatic hydroxyl groups is 2. The highest BCUT2D eigenvalue weighted by Crippen LogP contribution is 2.61. The van der Waals surface area contributed by atoms with Crippen molar-refractivity contribution >= 4 is 0 Å². The number of nitrogens with zero attached hydrogens (tertiary/aromatic N) is 1. The van der Waals surface area contributed by atoms with Gasteiger partial charge in [0.1, 0.15) is 5.75 Å². The molecule has 3 N–H and O–H groups in total.